The van der Waals surface area contributed by atoms with E-state index in [2.05, 4.69) is 9.47 Å². The summed E-state index contributed by atoms with van der Waals surface area (Å²) in [5, 5.41) is 0. The fourth-order valence-corrected chi connectivity index (χ4v) is 0.619. The van der Waals surface area contributed by atoms with Crippen LogP contribution in [0.2, 0.25) is 0 Å². The van der Waals surface area contributed by atoms with Crippen LogP contribution < -0.4 is 0 Å². The van der Waals surface area contributed by atoms with Gasteiger partial charge in [0.1, 0.15) is 0 Å². The van der Waals surface area contributed by atoms with Gasteiger partial charge in [0.15, 0.2) is 0 Å². The van der Waals surface area contributed by atoms with Gasteiger partial charge in [0.25, 0.3) is 0 Å². The SMILES string of the molecule is CCC(=O)OC.O=C1CCCO1. The summed E-state index contributed by atoms with van der Waals surface area (Å²) in [6.07, 6.45) is 2.01. The first kappa shape index (κ1) is 10.9. The molecule has 1 saturated heterocycles. The Balaban J connectivity index is 0.000000202. The number of rotatable bonds is 1. The Kier molecular flexibility index (Phi) is 6.05. The van der Waals surface area contributed by atoms with E-state index in [9.17, 15) is 9.59 Å². The summed E-state index contributed by atoms with van der Waals surface area (Å²) < 4.78 is 8.77. The summed E-state index contributed by atoms with van der Waals surface area (Å²) in [7, 11) is 1.38. The predicted octanol–water partition coefficient (Wildman–Crippen LogP) is 0.893. The largest absolute Gasteiger partial charge is 0.469 e. The highest BCUT2D eigenvalue weighted by atomic mass is 16.5. The third-order valence-electron chi connectivity index (χ3n) is 1.30. The predicted molar refractivity (Wildman–Crippen MR) is 42.5 cm³/mol. The van der Waals surface area contributed by atoms with Crippen molar-refractivity contribution in [2.24, 2.45) is 0 Å². The van der Waals surface area contributed by atoms with Gasteiger partial charge in [0, 0.05) is 12.8 Å². The summed E-state index contributed by atoms with van der Waals surface area (Å²) in [6, 6.07) is 0. The zero-order valence-corrected chi connectivity index (χ0v) is 7.46. The number of esters is 2. The molecule has 0 N–H and O–H groups in total. The summed E-state index contributed by atoms with van der Waals surface area (Å²) in [6.45, 7) is 2.39. The molecule has 0 aromatic carbocycles. The molecule has 70 valence electrons. The van der Waals surface area contributed by atoms with Crippen LogP contribution in [0.25, 0.3) is 0 Å². The van der Waals surface area contributed by atoms with E-state index in [-0.39, 0.29) is 11.9 Å². The van der Waals surface area contributed by atoms with Crippen molar-refractivity contribution >= 4 is 11.9 Å². The molecule has 1 heterocycles. The van der Waals surface area contributed by atoms with Gasteiger partial charge >= 0.3 is 11.9 Å². The number of cyclic esters (lactones) is 1. The molecule has 1 aliphatic heterocycles. The van der Waals surface area contributed by atoms with Gasteiger partial charge in [0.05, 0.1) is 13.7 Å². The number of carbonyl (C=O) groups excluding carboxylic acids is 2. The Morgan fingerprint density at radius 3 is 2.42 bits per heavy atom. The van der Waals surface area contributed by atoms with Gasteiger partial charge in [-0.1, -0.05) is 6.92 Å². The van der Waals surface area contributed by atoms with Gasteiger partial charge in [0.2, 0.25) is 0 Å². The topological polar surface area (TPSA) is 52.6 Å². The van der Waals surface area contributed by atoms with Crippen molar-refractivity contribution < 1.29 is 19.1 Å². The van der Waals surface area contributed by atoms with E-state index in [1.807, 2.05) is 0 Å². The van der Waals surface area contributed by atoms with Crippen molar-refractivity contribution in [1.29, 1.82) is 0 Å². The van der Waals surface area contributed by atoms with E-state index < -0.39 is 0 Å². The molecule has 1 aliphatic rings. The monoisotopic (exact) mass is 174 g/mol. The van der Waals surface area contributed by atoms with Gasteiger partial charge < -0.3 is 9.47 Å². The Morgan fingerprint density at radius 1 is 1.67 bits per heavy atom. The van der Waals surface area contributed by atoms with Crippen molar-refractivity contribution in [1.82, 2.24) is 0 Å². The Morgan fingerprint density at radius 2 is 2.33 bits per heavy atom. The quantitative estimate of drug-likeness (QED) is 0.554. The maximum Gasteiger partial charge on any atom is 0.305 e. The number of hydrogen-bond donors (Lipinski definition) is 0. The van der Waals surface area contributed by atoms with Crippen molar-refractivity contribution in [2.75, 3.05) is 13.7 Å². The number of hydrogen-bond acceptors (Lipinski definition) is 4. The number of ether oxygens (including phenoxy) is 2. The zero-order valence-electron chi connectivity index (χ0n) is 7.46. The van der Waals surface area contributed by atoms with Crippen LogP contribution in [0.3, 0.4) is 0 Å². The number of methoxy groups -OCH3 is 1. The maximum absolute atomic E-state index is 10.0. The highest BCUT2D eigenvalue weighted by molar-refractivity contribution is 5.70. The van der Waals surface area contributed by atoms with Crippen LogP contribution in [0, 0.1) is 0 Å². The highest BCUT2D eigenvalue weighted by Gasteiger charge is 2.08. The first-order chi connectivity index (χ1) is 5.70. The van der Waals surface area contributed by atoms with Crippen molar-refractivity contribution in [3.8, 4) is 0 Å². The highest BCUT2D eigenvalue weighted by Crippen LogP contribution is 2.01. The summed E-state index contributed by atoms with van der Waals surface area (Å²) in [5.74, 6) is -0.204. The van der Waals surface area contributed by atoms with E-state index in [1.165, 1.54) is 7.11 Å². The minimum Gasteiger partial charge on any atom is -0.469 e. The molecule has 1 rings (SSSR count). The normalized spacial score (nSPS) is 14.3. The molecule has 4 heteroatoms. The first-order valence-electron chi connectivity index (χ1n) is 3.93. The second kappa shape index (κ2) is 6.64. The van der Waals surface area contributed by atoms with Crippen molar-refractivity contribution in [3.63, 3.8) is 0 Å². The van der Waals surface area contributed by atoms with Crippen LogP contribution in [0.1, 0.15) is 26.2 Å². The average Bonchev–Trinajstić information content (AvgIpc) is 2.55. The molecule has 0 atom stereocenters. The molecule has 0 aromatic heterocycles. The van der Waals surface area contributed by atoms with Gasteiger partial charge in [-0.25, -0.2) is 0 Å². The lowest BCUT2D eigenvalue weighted by Gasteiger charge is -1.87. The molecule has 0 amide bonds. The van der Waals surface area contributed by atoms with Crippen LogP contribution in [-0.2, 0) is 19.1 Å². The average molecular weight is 174 g/mol. The fraction of sp³-hybridized carbons (Fsp3) is 0.750. The van der Waals surface area contributed by atoms with Crippen LogP contribution in [0.15, 0.2) is 0 Å². The van der Waals surface area contributed by atoms with E-state index in [0.717, 1.165) is 6.42 Å². The van der Waals surface area contributed by atoms with Crippen molar-refractivity contribution in [3.05, 3.63) is 0 Å². The molecule has 0 bridgehead atoms. The second-order valence-corrected chi connectivity index (χ2v) is 2.25. The molecule has 0 spiro atoms. The van der Waals surface area contributed by atoms with E-state index in [0.29, 0.717) is 19.4 Å². The van der Waals surface area contributed by atoms with Crippen LogP contribution in [-0.4, -0.2) is 25.7 Å². The third-order valence-corrected chi connectivity index (χ3v) is 1.30. The van der Waals surface area contributed by atoms with Gasteiger partial charge in [-0.15, -0.1) is 0 Å². The Bertz CT molecular complexity index is 137. The minimum atomic E-state index is -0.157. The van der Waals surface area contributed by atoms with Gasteiger partial charge in [-0.2, -0.15) is 0 Å². The number of carbonyl (C=O) groups is 2. The minimum absolute atomic E-state index is 0.0463. The zero-order chi connectivity index (χ0) is 9.40. The van der Waals surface area contributed by atoms with Crippen molar-refractivity contribution in [2.45, 2.75) is 26.2 Å². The smallest absolute Gasteiger partial charge is 0.305 e. The molecule has 1 fully saturated rings. The second-order valence-electron chi connectivity index (χ2n) is 2.25. The van der Waals surface area contributed by atoms with E-state index >= 15 is 0 Å². The van der Waals surface area contributed by atoms with E-state index in [4.69, 9.17) is 0 Å². The lowest BCUT2D eigenvalue weighted by atomic mass is 10.4. The lowest BCUT2D eigenvalue weighted by Crippen LogP contribution is -1.94. The summed E-state index contributed by atoms with van der Waals surface area (Å²) >= 11 is 0. The lowest BCUT2D eigenvalue weighted by molar-refractivity contribution is -0.140. The van der Waals surface area contributed by atoms with Gasteiger partial charge in [-0.05, 0) is 6.42 Å². The molecule has 12 heavy (non-hydrogen) atoms. The Hall–Kier alpha value is -1.06. The standard InChI is InChI=1S/C4H6O2.C4H8O2/c5-4-2-1-3-6-4;1-3-4(5)6-2/h1-3H2;3H2,1-2H3. The van der Waals surface area contributed by atoms with E-state index in [1.54, 1.807) is 6.92 Å². The van der Waals surface area contributed by atoms with Crippen LogP contribution in [0.5, 0.6) is 0 Å². The van der Waals surface area contributed by atoms with Crippen LogP contribution >= 0.6 is 0 Å². The third kappa shape index (κ3) is 5.70. The first-order valence-corrected chi connectivity index (χ1v) is 3.93. The summed E-state index contributed by atoms with van der Waals surface area (Å²) in [4.78, 5) is 20.0. The molecule has 0 aliphatic carbocycles. The molecule has 0 saturated carbocycles. The summed E-state index contributed by atoms with van der Waals surface area (Å²) in [5.41, 5.74) is 0. The molecule has 0 radical (unpaired) electrons. The Labute approximate surface area is 71.8 Å². The maximum atomic E-state index is 10.0. The molecule has 0 unspecified atom stereocenters. The molecular weight excluding hydrogens is 160 g/mol. The van der Waals surface area contributed by atoms with Crippen LogP contribution in [0.4, 0.5) is 0 Å². The molecular formula is C8H14O4. The molecule has 0 aromatic rings. The fourth-order valence-electron chi connectivity index (χ4n) is 0.619. The molecule has 4 nitrogen and oxygen atoms in total. The van der Waals surface area contributed by atoms with Gasteiger partial charge in [-0.3, -0.25) is 9.59 Å².